The predicted octanol–water partition coefficient (Wildman–Crippen LogP) is 3.06. The normalized spacial score (nSPS) is 10.9. The molecule has 0 aliphatic heterocycles. The van der Waals surface area contributed by atoms with Gasteiger partial charge in [0, 0.05) is 23.5 Å². The Morgan fingerprint density at radius 2 is 2.00 bits per heavy atom. The van der Waals surface area contributed by atoms with Gasteiger partial charge in [0.1, 0.15) is 6.29 Å². The van der Waals surface area contributed by atoms with E-state index in [4.69, 9.17) is 0 Å². The maximum absolute atomic E-state index is 10.2. The lowest BCUT2D eigenvalue weighted by molar-refractivity contribution is -0.107. The zero-order valence-corrected chi connectivity index (χ0v) is 11.3. The summed E-state index contributed by atoms with van der Waals surface area (Å²) in [6.07, 6.45) is 8.18. The molecule has 3 nitrogen and oxygen atoms in total. The van der Waals surface area contributed by atoms with Crippen LogP contribution < -0.4 is 5.32 Å². The number of rotatable bonds is 9. The quantitative estimate of drug-likeness (QED) is 0.536. The van der Waals surface area contributed by atoms with Crippen molar-refractivity contribution in [3.8, 4) is 0 Å². The highest BCUT2D eigenvalue weighted by molar-refractivity contribution is 5.83. The van der Waals surface area contributed by atoms with Crippen molar-refractivity contribution in [2.75, 3.05) is 13.1 Å². The molecular weight excluding hydrogens is 236 g/mol. The Morgan fingerprint density at radius 1 is 1.11 bits per heavy atom. The molecule has 1 aromatic heterocycles. The van der Waals surface area contributed by atoms with Gasteiger partial charge in [-0.2, -0.15) is 0 Å². The minimum atomic E-state index is 0.704. The lowest BCUT2D eigenvalue weighted by Crippen LogP contribution is -2.18. The van der Waals surface area contributed by atoms with Crippen LogP contribution in [0.25, 0.3) is 10.9 Å². The summed E-state index contributed by atoms with van der Waals surface area (Å²) < 4.78 is 0. The molecule has 1 heterocycles. The highest BCUT2D eigenvalue weighted by atomic mass is 16.1. The lowest BCUT2D eigenvalue weighted by Gasteiger charge is -2.03. The fraction of sp³-hybridized carbons (Fsp3) is 0.438. The summed E-state index contributed by atoms with van der Waals surface area (Å²) in [7, 11) is 0. The average molecular weight is 258 g/mol. The second-order valence-corrected chi connectivity index (χ2v) is 4.88. The van der Waals surface area contributed by atoms with Crippen LogP contribution in [0, 0.1) is 0 Å². The predicted molar refractivity (Wildman–Crippen MR) is 79.4 cm³/mol. The molecule has 0 spiro atoms. The average Bonchev–Trinajstić information content (AvgIpc) is 2.85. The van der Waals surface area contributed by atoms with Crippen molar-refractivity contribution in [1.82, 2.24) is 10.3 Å². The molecule has 3 heteroatoms. The van der Waals surface area contributed by atoms with Crippen molar-refractivity contribution in [3.63, 3.8) is 0 Å². The fourth-order valence-electron chi connectivity index (χ4n) is 2.34. The Morgan fingerprint density at radius 3 is 2.89 bits per heavy atom. The van der Waals surface area contributed by atoms with Gasteiger partial charge < -0.3 is 15.1 Å². The highest BCUT2D eigenvalue weighted by Crippen LogP contribution is 2.17. The third-order valence-corrected chi connectivity index (χ3v) is 3.42. The van der Waals surface area contributed by atoms with E-state index in [1.165, 1.54) is 16.5 Å². The number of hydrogen-bond donors (Lipinski definition) is 2. The second kappa shape index (κ2) is 7.74. The molecule has 0 saturated carbocycles. The standard InChI is InChI=1S/C16H22N2O/c19-12-6-2-1-5-10-17-11-9-14-13-18-16-8-4-3-7-15(14)16/h3-4,7-8,12-13,17-18H,1-2,5-6,9-11H2. The Kier molecular flexibility index (Phi) is 5.63. The van der Waals surface area contributed by atoms with Gasteiger partial charge in [-0.3, -0.25) is 0 Å². The first kappa shape index (κ1) is 13.8. The summed E-state index contributed by atoms with van der Waals surface area (Å²) in [5, 5.41) is 4.79. The van der Waals surface area contributed by atoms with Gasteiger partial charge in [-0.1, -0.05) is 24.6 Å². The van der Waals surface area contributed by atoms with Crippen LogP contribution in [0.15, 0.2) is 30.5 Å². The van der Waals surface area contributed by atoms with Gasteiger partial charge in [0.2, 0.25) is 0 Å². The molecule has 0 atom stereocenters. The number of para-hydroxylation sites is 1. The summed E-state index contributed by atoms with van der Waals surface area (Å²) in [5.41, 5.74) is 2.59. The minimum absolute atomic E-state index is 0.704. The van der Waals surface area contributed by atoms with Crippen LogP contribution in [-0.4, -0.2) is 24.4 Å². The number of carbonyl (C=O) groups excluding carboxylic acids is 1. The first-order valence-electron chi connectivity index (χ1n) is 7.11. The zero-order chi connectivity index (χ0) is 13.3. The van der Waals surface area contributed by atoms with Gasteiger partial charge >= 0.3 is 0 Å². The maximum atomic E-state index is 10.2. The van der Waals surface area contributed by atoms with Crippen LogP contribution in [0.5, 0.6) is 0 Å². The molecule has 0 aliphatic carbocycles. The van der Waals surface area contributed by atoms with E-state index >= 15 is 0 Å². The third-order valence-electron chi connectivity index (χ3n) is 3.42. The van der Waals surface area contributed by atoms with Crippen LogP contribution in [-0.2, 0) is 11.2 Å². The molecule has 0 aliphatic rings. The number of aromatic nitrogens is 1. The van der Waals surface area contributed by atoms with Gasteiger partial charge in [0.05, 0.1) is 0 Å². The number of aldehydes is 1. The first-order valence-corrected chi connectivity index (χ1v) is 7.11. The Bertz CT molecular complexity index is 504. The third kappa shape index (κ3) is 4.21. The van der Waals surface area contributed by atoms with E-state index < -0.39 is 0 Å². The largest absolute Gasteiger partial charge is 0.361 e. The van der Waals surface area contributed by atoms with Gasteiger partial charge in [-0.15, -0.1) is 0 Å². The van der Waals surface area contributed by atoms with Crippen molar-refractivity contribution in [2.24, 2.45) is 0 Å². The van der Waals surface area contributed by atoms with E-state index in [9.17, 15) is 4.79 Å². The van der Waals surface area contributed by atoms with Crippen LogP contribution in [0.4, 0.5) is 0 Å². The molecule has 102 valence electrons. The molecule has 1 aromatic carbocycles. The van der Waals surface area contributed by atoms with Crippen molar-refractivity contribution in [2.45, 2.75) is 32.1 Å². The van der Waals surface area contributed by atoms with Gasteiger partial charge in [0.25, 0.3) is 0 Å². The number of fused-ring (bicyclic) bond motifs is 1. The maximum Gasteiger partial charge on any atom is 0.119 e. The molecule has 0 radical (unpaired) electrons. The van der Waals surface area contributed by atoms with Crippen LogP contribution in [0.2, 0.25) is 0 Å². The summed E-state index contributed by atoms with van der Waals surface area (Å²) in [6, 6.07) is 8.42. The number of hydrogen-bond acceptors (Lipinski definition) is 2. The lowest BCUT2D eigenvalue weighted by atomic mass is 10.1. The Hall–Kier alpha value is -1.61. The van der Waals surface area contributed by atoms with Crippen LogP contribution >= 0.6 is 0 Å². The van der Waals surface area contributed by atoms with E-state index in [1.54, 1.807) is 0 Å². The minimum Gasteiger partial charge on any atom is -0.361 e. The van der Waals surface area contributed by atoms with E-state index in [1.807, 2.05) is 0 Å². The van der Waals surface area contributed by atoms with E-state index in [2.05, 4.69) is 40.8 Å². The summed E-state index contributed by atoms with van der Waals surface area (Å²) in [4.78, 5) is 13.5. The summed E-state index contributed by atoms with van der Waals surface area (Å²) in [6.45, 7) is 2.05. The molecule has 2 N–H and O–H groups in total. The van der Waals surface area contributed by atoms with E-state index in [0.29, 0.717) is 6.42 Å². The van der Waals surface area contributed by atoms with Gasteiger partial charge in [0.15, 0.2) is 0 Å². The highest BCUT2D eigenvalue weighted by Gasteiger charge is 2.01. The molecule has 0 unspecified atom stereocenters. The molecule has 0 saturated heterocycles. The van der Waals surface area contributed by atoms with E-state index in [0.717, 1.165) is 45.1 Å². The monoisotopic (exact) mass is 258 g/mol. The molecule has 19 heavy (non-hydrogen) atoms. The zero-order valence-electron chi connectivity index (χ0n) is 11.3. The summed E-state index contributed by atoms with van der Waals surface area (Å²) in [5.74, 6) is 0. The van der Waals surface area contributed by atoms with Gasteiger partial charge in [-0.25, -0.2) is 0 Å². The van der Waals surface area contributed by atoms with Crippen molar-refractivity contribution in [3.05, 3.63) is 36.0 Å². The molecule has 0 fully saturated rings. The number of benzene rings is 1. The number of carbonyl (C=O) groups is 1. The molecule has 2 rings (SSSR count). The SMILES string of the molecule is O=CCCCCCNCCc1c[nH]c2ccccc12. The molecular formula is C16H22N2O. The van der Waals surface area contributed by atoms with Gasteiger partial charge in [-0.05, 0) is 44.0 Å². The topological polar surface area (TPSA) is 44.9 Å². The number of H-pyrrole nitrogens is 1. The Balaban J connectivity index is 1.64. The van der Waals surface area contributed by atoms with Crippen molar-refractivity contribution >= 4 is 17.2 Å². The van der Waals surface area contributed by atoms with Crippen molar-refractivity contribution < 1.29 is 4.79 Å². The summed E-state index contributed by atoms with van der Waals surface area (Å²) >= 11 is 0. The smallest absolute Gasteiger partial charge is 0.119 e. The second-order valence-electron chi connectivity index (χ2n) is 4.88. The number of aromatic amines is 1. The molecule has 0 amide bonds. The Labute approximate surface area is 114 Å². The molecule has 0 bridgehead atoms. The molecule has 2 aromatic rings. The fourth-order valence-corrected chi connectivity index (χ4v) is 2.34. The van der Waals surface area contributed by atoms with Crippen molar-refractivity contribution in [1.29, 1.82) is 0 Å². The van der Waals surface area contributed by atoms with E-state index in [-0.39, 0.29) is 0 Å². The van der Waals surface area contributed by atoms with Crippen LogP contribution in [0.3, 0.4) is 0 Å². The van der Waals surface area contributed by atoms with Crippen LogP contribution in [0.1, 0.15) is 31.2 Å². The number of nitrogens with one attached hydrogen (secondary N) is 2. The first-order chi connectivity index (χ1) is 9.42. The number of unbranched alkanes of at least 4 members (excludes halogenated alkanes) is 3.